The monoisotopic (exact) mass is 361 g/mol. The number of carbonyl (C=O) groups excluding carboxylic acids is 2. The first-order valence-electron chi connectivity index (χ1n) is 9.90. The molecule has 3 rings (SSSR count). The number of hydrogen-bond acceptors (Lipinski definition) is 4. The number of nitrogens with one attached hydrogen (secondary N) is 2. The Morgan fingerprint density at radius 3 is 2.50 bits per heavy atom. The van der Waals surface area contributed by atoms with E-state index in [1.165, 1.54) is 19.3 Å². The number of piperidine rings is 1. The molecule has 2 aliphatic rings. The third-order valence-electron chi connectivity index (χ3n) is 5.71. The number of aryl methyl sites for hydroxylation is 1. The molecule has 0 unspecified atom stereocenters. The minimum absolute atomic E-state index is 0.136. The first-order valence-corrected chi connectivity index (χ1v) is 9.90. The fraction of sp³-hybridized carbons (Fsp3) is 0.700. The molecule has 0 aromatic carbocycles. The van der Waals surface area contributed by atoms with Crippen molar-refractivity contribution in [3.8, 4) is 0 Å². The molecule has 2 N–H and O–H groups in total. The van der Waals surface area contributed by atoms with E-state index in [-0.39, 0.29) is 17.9 Å². The molecule has 1 aliphatic carbocycles. The molecular formula is C20H31N3O3. The summed E-state index contributed by atoms with van der Waals surface area (Å²) >= 11 is 0. The third-order valence-corrected chi connectivity index (χ3v) is 5.71. The fourth-order valence-corrected chi connectivity index (χ4v) is 4.03. The Labute approximate surface area is 155 Å². The minimum Gasteiger partial charge on any atom is -0.456 e. The second-order valence-electron chi connectivity index (χ2n) is 7.87. The highest BCUT2D eigenvalue weighted by atomic mass is 16.3. The second kappa shape index (κ2) is 8.71. The fourth-order valence-electron chi connectivity index (χ4n) is 4.03. The Morgan fingerprint density at radius 1 is 1.12 bits per heavy atom. The van der Waals surface area contributed by atoms with Gasteiger partial charge in [0.05, 0.1) is 6.54 Å². The van der Waals surface area contributed by atoms with E-state index < -0.39 is 0 Å². The van der Waals surface area contributed by atoms with Crippen molar-refractivity contribution in [2.24, 2.45) is 5.92 Å². The lowest BCUT2D eigenvalue weighted by Crippen LogP contribution is -2.49. The molecule has 1 aliphatic heterocycles. The van der Waals surface area contributed by atoms with Gasteiger partial charge < -0.3 is 15.1 Å². The highest BCUT2D eigenvalue weighted by molar-refractivity contribution is 5.91. The first kappa shape index (κ1) is 19.0. The van der Waals surface area contributed by atoms with Crippen LogP contribution in [0.3, 0.4) is 0 Å². The number of nitrogens with zero attached hydrogens (tertiary/aromatic N) is 1. The van der Waals surface area contributed by atoms with Crippen LogP contribution in [0.1, 0.15) is 61.8 Å². The van der Waals surface area contributed by atoms with E-state index in [1.54, 1.807) is 12.1 Å². The largest absolute Gasteiger partial charge is 0.456 e. The predicted molar refractivity (Wildman–Crippen MR) is 99.9 cm³/mol. The Bertz CT molecular complexity index is 620. The summed E-state index contributed by atoms with van der Waals surface area (Å²) in [7, 11) is 0. The van der Waals surface area contributed by atoms with Gasteiger partial charge in [0.15, 0.2) is 5.76 Å². The van der Waals surface area contributed by atoms with Crippen LogP contribution in [0, 0.1) is 12.8 Å². The van der Waals surface area contributed by atoms with Crippen LogP contribution in [0.25, 0.3) is 0 Å². The Hall–Kier alpha value is -1.82. The average Bonchev–Trinajstić information content (AvgIpc) is 3.05. The smallest absolute Gasteiger partial charge is 0.287 e. The zero-order chi connectivity index (χ0) is 18.5. The van der Waals surface area contributed by atoms with Crippen molar-refractivity contribution in [2.75, 3.05) is 19.6 Å². The van der Waals surface area contributed by atoms with Crippen molar-refractivity contribution in [2.45, 2.75) is 64.5 Å². The van der Waals surface area contributed by atoms with Gasteiger partial charge in [0.2, 0.25) is 5.91 Å². The lowest BCUT2D eigenvalue weighted by Gasteiger charge is -2.33. The summed E-state index contributed by atoms with van der Waals surface area (Å²) in [5, 5.41) is 6.25. The maximum atomic E-state index is 12.3. The van der Waals surface area contributed by atoms with Crippen LogP contribution in [-0.2, 0) is 4.79 Å². The number of carbonyl (C=O) groups is 2. The number of hydrogen-bond donors (Lipinski definition) is 2. The maximum absolute atomic E-state index is 12.3. The minimum atomic E-state index is -0.152. The van der Waals surface area contributed by atoms with E-state index in [2.05, 4.69) is 22.5 Å². The standard InChI is InChI=1S/C20H31N3O3/c1-14-5-3-4-6-17(14)22-19(24)13-23-11-9-16(10-12-23)21-20(25)18-8-7-15(2)26-18/h7-8,14,16-17H,3-6,9-13H2,1-2H3,(H,21,25)(H,22,24)/t14-,17-/m1/s1. The van der Waals surface area contributed by atoms with Crippen LogP contribution in [-0.4, -0.2) is 48.4 Å². The van der Waals surface area contributed by atoms with Gasteiger partial charge in [-0.05, 0) is 50.7 Å². The number of rotatable bonds is 5. The topological polar surface area (TPSA) is 74.6 Å². The van der Waals surface area contributed by atoms with Crippen LogP contribution < -0.4 is 10.6 Å². The van der Waals surface area contributed by atoms with Crippen molar-refractivity contribution in [1.29, 1.82) is 0 Å². The van der Waals surface area contributed by atoms with Gasteiger partial charge in [-0.3, -0.25) is 14.5 Å². The SMILES string of the molecule is Cc1ccc(C(=O)NC2CCN(CC(=O)N[C@@H]3CCCC[C@H]3C)CC2)o1. The van der Waals surface area contributed by atoms with Crippen molar-refractivity contribution in [3.05, 3.63) is 23.7 Å². The van der Waals surface area contributed by atoms with Crippen molar-refractivity contribution < 1.29 is 14.0 Å². The van der Waals surface area contributed by atoms with Crippen LogP contribution >= 0.6 is 0 Å². The molecule has 1 aromatic heterocycles. The molecule has 0 spiro atoms. The van der Waals surface area contributed by atoms with E-state index in [0.29, 0.717) is 24.3 Å². The van der Waals surface area contributed by atoms with Gasteiger partial charge in [0.25, 0.3) is 5.91 Å². The summed E-state index contributed by atoms with van der Waals surface area (Å²) in [6, 6.07) is 3.98. The van der Waals surface area contributed by atoms with E-state index in [4.69, 9.17) is 4.42 Å². The van der Waals surface area contributed by atoms with Crippen molar-refractivity contribution in [3.63, 3.8) is 0 Å². The predicted octanol–water partition coefficient (Wildman–Crippen LogP) is 2.48. The molecule has 6 heteroatoms. The zero-order valence-electron chi connectivity index (χ0n) is 15.9. The summed E-state index contributed by atoms with van der Waals surface area (Å²) in [6.07, 6.45) is 6.54. The van der Waals surface area contributed by atoms with Crippen LogP contribution in [0.4, 0.5) is 0 Å². The van der Waals surface area contributed by atoms with E-state index in [0.717, 1.165) is 38.1 Å². The summed E-state index contributed by atoms with van der Waals surface area (Å²) in [5.74, 6) is 1.67. The average molecular weight is 361 g/mol. The number of amides is 2. The zero-order valence-corrected chi connectivity index (χ0v) is 15.9. The van der Waals surface area contributed by atoms with Gasteiger partial charge in [0.1, 0.15) is 5.76 Å². The normalized spacial score (nSPS) is 25.0. The summed E-state index contributed by atoms with van der Waals surface area (Å²) in [6.45, 7) is 6.18. The highest BCUT2D eigenvalue weighted by Crippen LogP contribution is 2.23. The molecule has 1 saturated heterocycles. The van der Waals surface area contributed by atoms with E-state index >= 15 is 0 Å². The number of likely N-dealkylation sites (tertiary alicyclic amines) is 1. The van der Waals surface area contributed by atoms with Gasteiger partial charge in [-0.15, -0.1) is 0 Å². The highest BCUT2D eigenvalue weighted by Gasteiger charge is 2.26. The molecule has 6 nitrogen and oxygen atoms in total. The summed E-state index contributed by atoms with van der Waals surface area (Å²) in [4.78, 5) is 26.7. The van der Waals surface area contributed by atoms with Crippen LogP contribution in [0.2, 0.25) is 0 Å². The van der Waals surface area contributed by atoms with Gasteiger partial charge in [-0.2, -0.15) is 0 Å². The molecule has 1 aromatic rings. The molecule has 2 atom stereocenters. The third kappa shape index (κ3) is 5.10. The molecule has 26 heavy (non-hydrogen) atoms. The quantitative estimate of drug-likeness (QED) is 0.845. The molecule has 2 heterocycles. The van der Waals surface area contributed by atoms with Crippen LogP contribution in [0.15, 0.2) is 16.5 Å². The van der Waals surface area contributed by atoms with Gasteiger partial charge in [-0.1, -0.05) is 19.8 Å². The van der Waals surface area contributed by atoms with E-state index in [1.807, 2.05) is 6.92 Å². The maximum Gasteiger partial charge on any atom is 0.287 e. The second-order valence-corrected chi connectivity index (χ2v) is 7.87. The summed E-state index contributed by atoms with van der Waals surface area (Å²) in [5.41, 5.74) is 0. The molecule has 2 amide bonds. The summed E-state index contributed by atoms with van der Waals surface area (Å²) < 4.78 is 5.37. The Balaban J connectivity index is 1.38. The molecule has 2 fully saturated rings. The lowest BCUT2D eigenvalue weighted by atomic mass is 9.86. The molecular weight excluding hydrogens is 330 g/mol. The number of furan rings is 1. The van der Waals surface area contributed by atoms with Crippen LogP contribution in [0.5, 0.6) is 0 Å². The Kier molecular flexibility index (Phi) is 6.35. The lowest BCUT2D eigenvalue weighted by molar-refractivity contribution is -0.123. The van der Waals surface area contributed by atoms with Gasteiger partial charge >= 0.3 is 0 Å². The van der Waals surface area contributed by atoms with E-state index in [9.17, 15) is 9.59 Å². The first-order chi connectivity index (χ1) is 12.5. The molecule has 1 saturated carbocycles. The van der Waals surface area contributed by atoms with Gasteiger partial charge in [0, 0.05) is 25.2 Å². The molecule has 144 valence electrons. The van der Waals surface area contributed by atoms with Crippen molar-refractivity contribution in [1.82, 2.24) is 15.5 Å². The molecule has 0 bridgehead atoms. The van der Waals surface area contributed by atoms with Crippen molar-refractivity contribution >= 4 is 11.8 Å². The Morgan fingerprint density at radius 2 is 1.85 bits per heavy atom. The molecule has 0 radical (unpaired) electrons. The van der Waals surface area contributed by atoms with Gasteiger partial charge in [-0.25, -0.2) is 0 Å².